The van der Waals surface area contributed by atoms with Crippen molar-refractivity contribution in [1.29, 1.82) is 0 Å². The molecule has 0 saturated heterocycles. The number of hydrogen-bond acceptors (Lipinski definition) is 3. The summed E-state index contributed by atoms with van der Waals surface area (Å²) in [5.41, 5.74) is 4.99. The number of carboxylic acid groups (broad SMARTS) is 1. The van der Waals surface area contributed by atoms with E-state index in [4.69, 9.17) is 10.1 Å². The predicted octanol–water partition coefficient (Wildman–Crippen LogP) is 3.96. The monoisotopic (exact) mass is 327 g/mol. The average Bonchev–Trinajstić information content (AvgIpc) is 2.59. The molecule has 0 aliphatic heterocycles. The third-order valence-electron chi connectivity index (χ3n) is 4.60. The Morgan fingerprint density at radius 3 is 2.75 bits per heavy atom. The van der Waals surface area contributed by atoms with E-state index in [0.717, 1.165) is 44.2 Å². The summed E-state index contributed by atoms with van der Waals surface area (Å²) in [5, 5.41) is 15.8. The van der Waals surface area contributed by atoms with Gasteiger partial charge in [0, 0.05) is 29.9 Å². The number of benzene rings is 1. The van der Waals surface area contributed by atoms with Crippen molar-refractivity contribution < 1.29 is 9.90 Å². The quantitative estimate of drug-likeness (QED) is 0.673. The second kappa shape index (κ2) is 7.99. The number of nitrogens with one attached hydrogen (secondary N) is 2. The molecule has 0 saturated carbocycles. The van der Waals surface area contributed by atoms with Crippen molar-refractivity contribution in [2.45, 2.75) is 44.9 Å². The summed E-state index contributed by atoms with van der Waals surface area (Å²) in [7, 11) is 0. The molecular formula is C19H25N3O2. The minimum Gasteiger partial charge on any atom is -0.465 e. The fourth-order valence-electron chi connectivity index (χ4n) is 3.41. The van der Waals surface area contributed by atoms with Crippen LogP contribution >= 0.6 is 0 Å². The molecule has 1 heterocycles. The van der Waals surface area contributed by atoms with E-state index in [2.05, 4.69) is 28.8 Å². The van der Waals surface area contributed by atoms with Gasteiger partial charge in [0.1, 0.15) is 0 Å². The first-order valence-electron chi connectivity index (χ1n) is 8.87. The number of amides is 1. The summed E-state index contributed by atoms with van der Waals surface area (Å²) < 4.78 is 0. The molecule has 1 aliphatic carbocycles. The minimum atomic E-state index is -0.942. The summed E-state index contributed by atoms with van der Waals surface area (Å²) in [6.07, 6.45) is 6.64. The van der Waals surface area contributed by atoms with Crippen LogP contribution in [0.15, 0.2) is 24.3 Å². The predicted molar refractivity (Wildman–Crippen MR) is 96.8 cm³/mol. The van der Waals surface area contributed by atoms with E-state index in [0.29, 0.717) is 6.54 Å². The van der Waals surface area contributed by atoms with Crippen molar-refractivity contribution in [3.05, 3.63) is 35.5 Å². The number of rotatable bonds is 7. The van der Waals surface area contributed by atoms with Crippen LogP contribution < -0.4 is 10.6 Å². The highest BCUT2D eigenvalue weighted by atomic mass is 16.4. The first-order chi connectivity index (χ1) is 11.8. The number of hydrogen-bond donors (Lipinski definition) is 3. The maximum absolute atomic E-state index is 10.4. The maximum atomic E-state index is 10.4. The second-order valence-corrected chi connectivity index (χ2v) is 6.36. The highest BCUT2D eigenvalue weighted by Crippen LogP contribution is 2.33. The molecular weight excluding hydrogens is 302 g/mol. The summed E-state index contributed by atoms with van der Waals surface area (Å²) in [6, 6.07) is 8.36. The Morgan fingerprint density at radius 2 is 1.88 bits per heavy atom. The van der Waals surface area contributed by atoms with Crippen molar-refractivity contribution >= 4 is 22.7 Å². The molecule has 0 fully saturated rings. The van der Waals surface area contributed by atoms with E-state index < -0.39 is 6.09 Å². The number of para-hydroxylation sites is 1. The number of unbranched alkanes of at least 4 members (excludes halogenated alkanes) is 2. The third-order valence-corrected chi connectivity index (χ3v) is 4.60. The van der Waals surface area contributed by atoms with E-state index in [1.807, 2.05) is 6.07 Å². The van der Waals surface area contributed by atoms with Gasteiger partial charge >= 0.3 is 6.09 Å². The second-order valence-electron chi connectivity index (χ2n) is 6.36. The number of aromatic nitrogens is 1. The van der Waals surface area contributed by atoms with Gasteiger partial charge < -0.3 is 15.7 Å². The van der Waals surface area contributed by atoms with Crippen LogP contribution in [0.1, 0.15) is 43.4 Å². The van der Waals surface area contributed by atoms with Gasteiger partial charge in [-0.25, -0.2) is 4.79 Å². The average molecular weight is 327 g/mol. The lowest BCUT2D eigenvalue weighted by Gasteiger charge is -2.21. The van der Waals surface area contributed by atoms with Gasteiger partial charge in [-0.1, -0.05) is 18.2 Å². The molecule has 24 heavy (non-hydrogen) atoms. The molecule has 3 N–H and O–H groups in total. The van der Waals surface area contributed by atoms with Crippen LogP contribution in [0.5, 0.6) is 0 Å². The number of pyridine rings is 1. The first kappa shape index (κ1) is 16.6. The summed E-state index contributed by atoms with van der Waals surface area (Å²) >= 11 is 0. The minimum absolute atomic E-state index is 0.531. The first-order valence-corrected chi connectivity index (χ1v) is 8.87. The summed E-state index contributed by atoms with van der Waals surface area (Å²) in [4.78, 5) is 15.3. The van der Waals surface area contributed by atoms with Gasteiger partial charge in [0.2, 0.25) is 0 Å². The van der Waals surface area contributed by atoms with E-state index in [1.165, 1.54) is 35.2 Å². The fraction of sp³-hybridized carbons (Fsp3) is 0.474. The molecule has 2 aromatic rings. The summed E-state index contributed by atoms with van der Waals surface area (Å²) in [5.74, 6) is 0. The lowest BCUT2D eigenvalue weighted by molar-refractivity contribution is 0.194. The zero-order valence-electron chi connectivity index (χ0n) is 14.0. The molecule has 0 bridgehead atoms. The van der Waals surface area contributed by atoms with Crippen LogP contribution in [0.4, 0.5) is 10.5 Å². The SMILES string of the molecule is O=C(O)NCCCCCNc1c2c(nc3ccccc13)CCCC2. The zero-order chi connectivity index (χ0) is 16.8. The number of fused-ring (bicyclic) bond motifs is 2. The van der Waals surface area contributed by atoms with Gasteiger partial charge in [-0.15, -0.1) is 0 Å². The highest BCUT2D eigenvalue weighted by molar-refractivity contribution is 5.93. The normalized spacial score (nSPS) is 13.5. The van der Waals surface area contributed by atoms with Crippen LogP contribution in [0.25, 0.3) is 10.9 Å². The third kappa shape index (κ3) is 3.96. The lowest BCUT2D eigenvalue weighted by Crippen LogP contribution is -2.21. The number of nitrogens with zero attached hydrogens (tertiary/aromatic N) is 1. The lowest BCUT2D eigenvalue weighted by atomic mass is 9.92. The highest BCUT2D eigenvalue weighted by Gasteiger charge is 2.17. The maximum Gasteiger partial charge on any atom is 0.404 e. The van der Waals surface area contributed by atoms with Gasteiger partial charge in [0.15, 0.2) is 0 Å². The van der Waals surface area contributed by atoms with Crippen LogP contribution in [-0.4, -0.2) is 29.3 Å². The molecule has 1 amide bonds. The Bertz CT molecular complexity index is 715. The Labute approximate surface area is 142 Å². The van der Waals surface area contributed by atoms with Crippen LogP contribution in [-0.2, 0) is 12.8 Å². The van der Waals surface area contributed by atoms with Crippen LogP contribution in [0.3, 0.4) is 0 Å². The molecule has 0 unspecified atom stereocenters. The molecule has 0 radical (unpaired) electrons. The molecule has 0 spiro atoms. The Hall–Kier alpha value is -2.30. The van der Waals surface area contributed by atoms with Crippen LogP contribution in [0.2, 0.25) is 0 Å². The number of aryl methyl sites for hydroxylation is 1. The number of anilines is 1. The molecule has 0 atom stereocenters. The van der Waals surface area contributed by atoms with Gasteiger partial charge in [-0.2, -0.15) is 0 Å². The topological polar surface area (TPSA) is 74.2 Å². The van der Waals surface area contributed by atoms with Crippen molar-refractivity contribution in [2.75, 3.05) is 18.4 Å². The largest absolute Gasteiger partial charge is 0.465 e. The van der Waals surface area contributed by atoms with Crippen molar-refractivity contribution in [3.63, 3.8) is 0 Å². The van der Waals surface area contributed by atoms with E-state index in [1.54, 1.807) is 0 Å². The van der Waals surface area contributed by atoms with E-state index >= 15 is 0 Å². The van der Waals surface area contributed by atoms with Crippen molar-refractivity contribution in [2.24, 2.45) is 0 Å². The van der Waals surface area contributed by atoms with Gasteiger partial charge in [0.25, 0.3) is 0 Å². The molecule has 128 valence electrons. The van der Waals surface area contributed by atoms with E-state index in [-0.39, 0.29) is 0 Å². The fourth-order valence-corrected chi connectivity index (χ4v) is 3.41. The summed E-state index contributed by atoms with van der Waals surface area (Å²) in [6.45, 7) is 1.44. The smallest absolute Gasteiger partial charge is 0.404 e. The Kier molecular flexibility index (Phi) is 5.51. The Morgan fingerprint density at radius 1 is 1.08 bits per heavy atom. The molecule has 1 aromatic carbocycles. The van der Waals surface area contributed by atoms with Gasteiger partial charge in [-0.3, -0.25) is 4.98 Å². The molecule has 1 aromatic heterocycles. The Balaban J connectivity index is 1.64. The molecule has 1 aliphatic rings. The van der Waals surface area contributed by atoms with Gasteiger partial charge in [0.05, 0.1) is 5.52 Å². The van der Waals surface area contributed by atoms with E-state index in [9.17, 15) is 4.79 Å². The van der Waals surface area contributed by atoms with Gasteiger partial charge in [-0.05, 0) is 56.6 Å². The van der Waals surface area contributed by atoms with Crippen LogP contribution in [0, 0.1) is 0 Å². The molecule has 5 heteroatoms. The standard InChI is InChI=1S/C19H25N3O2/c23-19(24)21-13-7-1-6-12-20-18-14-8-2-4-10-16(14)22-17-11-5-3-9-15(17)18/h2,4,8,10,21H,1,3,5-7,9,11-13H2,(H,20,22)(H,23,24). The number of carbonyl (C=O) groups is 1. The van der Waals surface area contributed by atoms with Crippen molar-refractivity contribution in [3.8, 4) is 0 Å². The van der Waals surface area contributed by atoms with Crippen molar-refractivity contribution in [1.82, 2.24) is 10.3 Å². The molecule has 5 nitrogen and oxygen atoms in total. The zero-order valence-corrected chi connectivity index (χ0v) is 14.0. The molecule has 3 rings (SSSR count).